The minimum atomic E-state index is 0.512. The molecule has 5 heterocycles. The lowest BCUT2D eigenvalue weighted by Crippen LogP contribution is -2.29. The van der Waals surface area contributed by atoms with Gasteiger partial charge in [0.05, 0.1) is 16.7 Å². The second-order valence-electron chi connectivity index (χ2n) is 7.98. The molecule has 0 saturated carbocycles. The minimum absolute atomic E-state index is 0.512. The molecule has 31 heavy (non-hydrogen) atoms. The number of H-pyrrole nitrogens is 2. The number of pyridine rings is 2. The highest BCUT2D eigenvalue weighted by molar-refractivity contribution is 5.95. The molecule has 3 N–H and O–H groups in total. The first-order valence-electron chi connectivity index (χ1n) is 10.7. The molecule has 1 saturated heterocycles. The van der Waals surface area contributed by atoms with Crippen molar-refractivity contribution in [2.45, 2.75) is 19.8 Å². The van der Waals surface area contributed by atoms with Gasteiger partial charge in [0.25, 0.3) is 0 Å². The molecular formula is C25H26N6. The highest BCUT2D eigenvalue weighted by Crippen LogP contribution is 2.29. The van der Waals surface area contributed by atoms with Crippen LogP contribution < -0.4 is 15.9 Å². The van der Waals surface area contributed by atoms with E-state index in [9.17, 15) is 0 Å². The minimum Gasteiger partial charge on any atom is -0.353 e. The number of nitrogens with one attached hydrogen (secondary N) is 3. The Balaban J connectivity index is 1.62. The van der Waals surface area contributed by atoms with Gasteiger partial charge in [0, 0.05) is 40.3 Å². The van der Waals surface area contributed by atoms with Crippen LogP contribution in [-0.2, 0) is 0 Å². The summed E-state index contributed by atoms with van der Waals surface area (Å²) >= 11 is 0. The van der Waals surface area contributed by atoms with E-state index in [2.05, 4.69) is 55.3 Å². The van der Waals surface area contributed by atoms with Crippen molar-refractivity contribution in [3.05, 3.63) is 65.6 Å². The fraction of sp³-hybridized carbons (Fsp3) is 0.240. The highest BCUT2D eigenvalue weighted by Gasteiger charge is 2.17. The lowest BCUT2D eigenvalue weighted by molar-refractivity contribution is 0.428. The zero-order valence-electron chi connectivity index (χ0n) is 17.7. The summed E-state index contributed by atoms with van der Waals surface area (Å²) in [6.07, 6.45) is 12.0. The van der Waals surface area contributed by atoms with Crippen molar-refractivity contribution in [3.8, 4) is 22.6 Å². The van der Waals surface area contributed by atoms with Crippen LogP contribution in [0.2, 0.25) is 0 Å². The first-order chi connectivity index (χ1) is 15.2. The van der Waals surface area contributed by atoms with E-state index >= 15 is 0 Å². The molecule has 6 heteroatoms. The Morgan fingerprint density at radius 2 is 2.03 bits per heavy atom. The van der Waals surface area contributed by atoms with Gasteiger partial charge in [0.15, 0.2) is 0 Å². The van der Waals surface area contributed by atoms with E-state index in [1.807, 2.05) is 37.5 Å². The van der Waals surface area contributed by atoms with Gasteiger partial charge in [-0.2, -0.15) is 5.10 Å². The van der Waals surface area contributed by atoms with Gasteiger partial charge in [-0.1, -0.05) is 18.2 Å². The van der Waals surface area contributed by atoms with Crippen molar-refractivity contribution in [1.82, 2.24) is 30.5 Å². The van der Waals surface area contributed by atoms with Crippen molar-refractivity contribution in [2.75, 3.05) is 13.1 Å². The summed E-state index contributed by atoms with van der Waals surface area (Å²) in [5, 5.41) is 14.4. The number of hydrogen-bond donors (Lipinski definition) is 3. The van der Waals surface area contributed by atoms with Crippen molar-refractivity contribution in [3.63, 3.8) is 0 Å². The third-order valence-corrected chi connectivity index (χ3v) is 6.05. The van der Waals surface area contributed by atoms with Gasteiger partial charge in [-0.05, 0) is 69.1 Å². The average Bonchev–Trinajstić information content (AvgIpc) is 3.43. The van der Waals surface area contributed by atoms with Crippen LogP contribution in [0, 0.1) is 5.92 Å². The molecular weight excluding hydrogens is 384 g/mol. The Kier molecular flexibility index (Phi) is 5.22. The van der Waals surface area contributed by atoms with Crippen LogP contribution in [0.5, 0.6) is 0 Å². The number of nitrogens with zero attached hydrogens (tertiary/aromatic N) is 3. The molecule has 0 aromatic carbocycles. The zero-order chi connectivity index (χ0) is 21.2. The van der Waals surface area contributed by atoms with Crippen LogP contribution in [0.4, 0.5) is 0 Å². The Morgan fingerprint density at radius 1 is 1.16 bits per heavy atom. The molecule has 0 radical (unpaired) electrons. The predicted molar refractivity (Wildman–Crippen MR) is 125 cm³/mol. The van der Waals surface area contributed by atoms with Crippen molar-refractivity contribution in [2.24, 2.45) is 5.92 Å². The number of allylic oxidation sites excluding steroid dienone is 1. The molecule has 6 nitrogen and oxygen atoms in total. The Morgan fingerprint density at radius 3 is 2.81 bits per heavy atom. The molecule has 1 aliphatic rings. The largest absolute Gasteiger partial charge is 0.353 e. The second-order valence-corrected chi connectivity index (χ2v) is 7.98. The fourth-order valence-electron chi connectivity index (χ4n) is 4.35. The highest BCUT2D eigenvalue weighted by atomic mass is 15.1. The summed E-state index contributed by atoms with van der Waals surface area (Å²) in [5.74, 6) is 0.512. The van der Waals surface area contributed by atoms with Crippen molar-refractivity contribution in [1.29, 1.82) is 0 Å². The molecule has 5 rings (SSSR count). The summed E-state index contributed by atoms with van der Waals surface area (Å²) in [4.78, 5) is 12.4. The van der Waals surface area contributed by atoms with Crippen molar-refractivity contribution < 1.29 is 0 Å². The van der Waals surface area contributed by atoms with Crippen molar-refractivity contribution >= 4 is 23.1 Å². The predicted octanol–water partition coefficient (Wildman–Crippen LogP) is 3.15. The van der Waals surface area contributed by atoms with Crippen LogP contribution in [0.25, 0.3) is 45.7 Å². The van der Waals surface area contributed by atoms with E-state index in [0.717, 1.165) is 70.0 Å². The smallest absolute Gasteiger partial charge is 0.116 e. The number of fused-ring (bicyclic) bond motifs is 1. The van der Waals surface area contributed by atoms with E-state index < -0.39 is 0 Å². The van der Waals surface area contributed by atoms with Gasteiger partial charge in [0.2, 0.25) is 0 Å². The summed E-state index contributed by atoms with van der Waals surface area (Å²) in [7, 11) is 0. The first-order valence-corrected chi connectivity index (χ1v) is 10.7. The van der Waals surface area contributed by atoms with Gasteiger partial charge in [-0.25, -0.2) is 0 Å². The maximum absolute atomic E-state index is 4.65. The van der Waals surface area contributed by atoms with E-state index in [4.69, 9.17) is 0 Å². The number of aromatic nitrogens is 5. The number of rotatable bonds is 4. The van der Waals surface area contributed by atoms with Gasteiger partial charge in [0.1, 0.15) is 5.69 Å². The van der Waals surface area contributed by atoms with Crippen LogP contribution in [0.3, 0.4) is 0 Å². The van der Waals surface area contributed by atoms with Gasteiger partial charge in [-0.15, -0.1) is 0 Å². The van der Waals surface area contributed by atoms with E-state index in [1.54, 1.807) is 6.20 Å². The normalized spacial score (nSPS) is 16.3. The molecule has 1 fully saturated rings. The summed E-state index contributed by atoms with van der Waals surface area (Å²) in [6.45, 7) is 8.52. The van der Waals surface area contributed by atoms with Crippen LogP contribution >= 0.6 is 0 Å². The topological polar surface area (TPSA) is 82.3 Å². The molecule has 4 aromatic heterocycles. The lowest BCUT2D eigenvalue weighted by Gasteiger charge is -2.22. The van der Waals surface area contributed by atoms with Gasteiger partial charge < -0.3 is 10.3 Å². The van der Waals surface area contributed by atoms with E-state index in [0.29, 0.717) is 5.92 Å². The molecule has 0 spiro atoms. The van der Waals surface area contributed by atoms with Crippen LogP contribution in [0.1, 0.15) is 19.8 Å². The maximum Gasteiger partial charge on any atom is 0.116 e. The second kappa shape index (κ2) is 8.32. The summed E-state index contributed by atoms with van der Waals surface area (Å²) in [6, 6.07) is 8.09. The van der Waals surface area contributed by atoms with Crippen LogP contribution in [0.15, 0.2) is 55.0 Å². The number of hydrogen-bond acceptors (Lipinski definition) is 4. The van der Waals surface area contributed by atoms with Gasteiger partial charge in [-0.3, -0.25) is 15.1 Å². The SMILES string of the molecule is C=C(/C=c1/c(-c2cc3c(-c4cccnc4)nccc3[nH]2)n[nH]/c1=C/C)C1CCNCC1. The third-order valence-electron chi connectivity index (χ3n) is 6.05. The van der Waals surface area contributed by atoms with E-state index in [1.165, 1.54) is 5.57 Å². The molecule has 0 aliphatic carbocycles. The van der Waals surface area contributed by atoms with Crippen LogP contribution in [-0.4, -0.2) is 38.2 Å². The Labute approximate surface area is 180 Å². The van der Waals surface area contributed by atoms with E-state index in [-0.39, 0.29) is 0 Å². The monoisotopic (exact) mass is 410 g/mol. The molecule has 0 amide bonds. The fourth-order valence-corrected chi connectivity index (χ4v) is 4.35. The third kappa shape index (κ3) is 3.70. The van der Waals surface area contributed by atoms with Gasteiger partial charge >= 0.3 is 0 Å². The Hall–Kier alpha value is -3.51. The number of piperidine rings is 1. The lowest BCUT2D eigenvalue weighted by atomic mass is 9.90. The molecule has 156 valence electrons. The maximum atomic E-state index is 4.65. The number of aromatic amines is 2. The summed E-state index contributed by atoms with van der Waals surface area (Å²) < 4.78 is 0. The molecule has 1 aliphatic heterocycles. The zero-order valence-corrected chi connectivity index (χ0v) is 17.7. The quantitative estimate of drug-likeness (QED) is 0.483. The summed E-state index contributed by atoms with van der Waals surface area (Å²) in [5.41, 5.74) is 5.96. The first kappa shape index (κ1) is 19.5. The molecule has 0 atom stereocenters. The average molecular weight is 411 g/mol. The Bertz CT molecular complexity index is 1340. The standard InChI is InChI=1S/C25H26N6/c1-3-21-19(13-16(2)17-6-10-26-11-7-17)25(31-30-21)23-14-20-22(29-23)8-12-28-24(20)18-5-4-9-27-15-18/h3-5,8-9,12-15,17,26,29-30H,2,6-7,10-11H2,1H3/b19-13+,21-3+. The molecule has 0 bridgehead atoms. The molecule has 4 aromatic rings. The molecule has 0 unspecified atom stereocenters.